The van der Waals surface area contributed by atoms with Gasteiger partial charge in [0.1, 0.15) is 11.6 Å². The summed E-state index contributed by atoms with van der Waals surface area (Å²) in [7, 11) is 0. The summed E-state index contributed by atoms with van der Waals surface area (Å²) in [5.74, 6) is -1.37. The predicted molar refractivity (Wildman–Crippen MR) is 86.8 cm³/mol. The Labute approximate surface area is 138 Å². The van der Waals surface area contributed by atoms with Gasteiger partial charge in [0.2, 0.25) is 0 Å². The molecule has 122 valence electrons. The Hall–Kier alpha value is -1.98. The SMILES string of the molecule is NC(=C(C=O)C1=CCC(Cl)C=C1)[C@H](N)Cc1cc(F)cc(F)c1. The lowest BCUT2D eigenvalue weighted by molar-refractivity contribution is -0.104. The topological polar surface area (TPSA) is 69.1 Å². The van der Waals surface area contributed by atoms with E-state index < -0.39 is 17.7 Å². The van der Waals surface area contributed by atoms with Gasteiger partial charge in [-0.05, 0) is 36.1 Å². The second-order valence-electron chi connectivity index (χ2n) is 5.35. The maximum absolute atomic E-state index is 13.2. The molecular formula is C17H17ClF2N2O. The van der Waals surface area contributed by atoms with Gasteiger partial charge in [-0.3, -0.25) is 4.79 Å². The Bertz CT molecular complexity index is 678. The first-order valence-electron chi connectivity index (χ1n) is 7.09. The molecule has 6 heteroatoms. The number of alkyl halides is 1. The zero-order chi connectivity index (χ0) is 17.0. The Balaban J connectivity index is 2.23. The van der Waals surface area contributed by atoms with Gasteiger partial charge in [-0.1, -0.05) is 18.2 Å². The highest BCUT2D eigenvalue weighted by molar-refractivity contribution is 6.22. The molecule has 23 heavy (non-hydrogen) atoms. The van der Waals surface area contributed by atoms with Gasteiger partial charge in [-0.15, -0.1) is 11.6 Å². The molecule has 0 amide bonds. The molecule has 2 atom stereocenters. The van der Waals surface area contributed by atoms with Crippen LogP contribution >= 0.6 is 11.6 Å². The van der Waals surface area contributed by atoms with Crippen molar-refractivity contribution in [2.75, 3.05) is 0 Å². The first-order chi connectivity index (χ1) is 10.9. The van der Waals surface area contributed by atoms with Gasteiger partial charge in [-0.2, -0.15) is 0 Å². The number of carbonyl (C=O) groups excluding carboxylic acids is 1. The number of rotatable bonds is 5. The summed E-state index contributed by atoms with van der Waals surface area (Å²) in [6.45, 7) is 0. The highest BCUT2D eigenvalue weighted by atomic mass is 35.5. The van der Waals surface area contributed by atoms with Crippen LogP contribution in [0.25, 0.3) is 0 Å². The molecule has 0 saturated heterocycles. The van der Waals surface area contributed by atoms with Crippen molar-refractivity contribution in [1.82, 2.24) is 0 Å². The number of aldehydes is 1. The molecule has 0 spiro atoms. The van der Waals surface area contributed by atoms with Crippen LogP contribution in [0, 0.1) is 11.6 Å². The normalized spacial score (nSPS) is 19.8. The van der Waals surface area contributed by atoms with Gasteiger partial charge in [0.25, 0.3) is 0 Å². The Morgan fingerprint density at radius 2 is 2.00 bits per heavy atom. The zero-order valence-electron chi connectivity index (χ0n) is 12.3. The van der Waals surface area contributed by atoms with Gasteiger partial charge in [0.15, 0.2) is 6.29 Å². The number of hydrogen-bond donors (Lipinski definition) is 2. The average molecular weight is 339 g/mol. The van der Waals surface area contributed by atoms with Crippen molar-refractivity contribution in [2.45, 2.75) is 24.3 Å². The number of halogens is 3. The second-order valence-corrected chi connectivity index (χ2v) is 5.91. The van der Waals surface area contributed by atoms with E-state index >= 15 is 0 Å². The summed E-state index contributed by atoms with van der Waals surface area (Å²) in [5.41, 5.74) is 13.5. The summed E-state index contributed by atoms with van der Waals surface area (Å²) in [5, 5.41) is -0.114. The third-order valence-corrected chi connectivity index (χ3v) is 3.89. The Morgan fingerprint density at radius 3 is 2.52 bits per heavy atom. The minimum absolute atomic E-state index is 0.114. The molecule has 0 aromatic heterocycles. The fourth-order valence-electron chi connectivity index (χ4n) is 2.39. The average Bonchev–Trinajstić information content (AvgIpc) is 2.48. The standard InChI is InChI=1S/C17H17ClF2N2O/c18-12-3-1-11(2-4-12)15(9-23)17(22)16(21)7-10-5-13(19)8-14(20)6-10/h1-3,5-6,8-9,12,16H,4,7,21-22H2/t12?,16-/m1/s1. The molecule has 0 radical (unpaired) electrons. The third kappa shape index (κ3) is 4.50. The quantitative estimate of drug-likeness (QED) is 0.493. The molecule has 4 N–H and O–H groups in total. The molecule has 0 fully saturated rings. The molecule has 1 aromatic carbocycles. The molecule has 1 aliphatic rings. The largest absolute Gasteiger partial charge is 0.400 e. The van der Waals surface area contributed by atoms with E-state index in [0.29, 0.717) is 23.8 Å². The highest BCUT2D eigenvalue weighted by Crippen LogP contribution is 2.22. The van der Waals surface area contributed by atoms with Crippen LogP contribution < -0.4 is 11.5 Å². The monoisotopic (exact) mass is 338 g/mol. The van der Waals surface area contributed by atoms with E-state index in [1.807, 2.05) is 6.08 Å². The van der Waals surface area contributed by atoms with Crippen LogP contribution in [0.4, 0.5) is 8.78 Å². The molecule has 0 aliphatic heterocycles. The maximum atomic E-state index is 13.2. The van der Waals surface area contributed by atoms with Crippen molar-refractivity contribution in [2.24, 2.45) is 11.5 Å². The van der Waals surface area contributed by atoms with Crippen LogP contribution in [0.15, 0.2) is 53.3 Å². The van der Waals surface area contributed by atoms with Crippen LogP contribution in [-0.2, 0) is 11.2 Å². The fourth-order valence-corrected chi connectivity index (χ4v) is 2.55. The first-order valence-corrected chi connectivity index (χ1v) is 7.52. The molecule has 0 bridgehead atoms. The fraction of sp³-hybridized carbons (Fsp3) is 0.235. The lowest BCUT2D eigenvalue weighted by Crippen LogP contribution is -2.32. The Morgan fingerprint density at radius 1 is 1.35 bits per heavy atom. The van der Waals surface area contributed by atoms with Crippen molar-refractivity contribution in [3.8, 4) is 0 Å². The summed E-state index contributed by atoms with van der Waals surface area (Å²) in [6.07, 6.45) is 6.62. The maximum Gasteiger partial charge on any atom is 0.152 e. The second kappa shape index (κ2) is 7.53. The van der Waals surface area contributed by atoms with Crippen molar-refractivity contribution in [3.63, 3.8) is 0 Å². The number of hydrogen-bond acceptors (Lipinski definition) is 3. The number of carbonyl (C=O) groups is 1. The summed E-state index contributed by atoms with van der Waals surface area (Å²) < 4.78 is 26.4. The predicted octanol–water partition coefficient (Wildman–Crippen LogP) is 2.74. The molecule has 0 saturated carbocycles. The van der Waals surface area contributed by atoms with E-state index in [9.17, 15) is 13.6 Å². The van der Waals surface area contributed by atoms with Crippen LogP contribution in [0.3, 0.4) is 0 Å². The van der Waals surface area contributed by atoms with Crippen molar-refractivity contribution >= 4 is 17.9 Å². The van der Waals surface area contributed by atoms with Gasteiger partial charge >= 0.3 is 0 Å². The zero-order valence-corrected chi connectivity index (χ0v) is 13.1. The summed E-state index contributed by atoms with van der Waals surface area (Å²) in [4.78, 5) is 11.4. The van der Waals surface area contributed by atoms with Gasteiger partial charge in [0.05, 0.1) is 5.38 Å². The van der Waals surface area contributed by atoms with Crippen LogP contribution in [-0.4, -0.2) is 17.7 Å². The molecular weight excluding hydrogens is 322 g/mol. The molecule has 1 aromatic rings. The van der Waals surface area contributed by atoms with E-state index in [1.54, 1.807) is 12.2 Å². The minimum atomic E-state index is -0.737. The molecule has 1 aliphatic carbocycles. The van der Waals surface area contributed by atoms with Gasteiger partial charge in [-0.25, -0.2) is 8.78 Å². The number of allylic oxidation sites excluding steroid dienone is 5. The van der Waals surface area contributed by atoms with E-state index in [-0.39, 0.29) is 23.1 Å². The van der Waals surface area contributed by atoms with Crippen molar-refractivity contribution in [3.05, 3.63) is 70.5 Å². The smallest absolute Gasteiger partial charge is 0.152 e. The van der Waals surface area contributed by atoms with E-state index in [2.05, 4.69) is 0 Å². The molecule has 1 unspecified atom stereocenters. The van der Waals surface area contributed by atoms with Gasteiger partial charge in [0, 0.05) is 23.4 Å². The molecule has 0 heterocycles. The Kier molecular flexibility index (Phi) is 5.69. The molecule has 2 rings (SSSR count). The van der Waals surface area contributed by atoms with Crippen molar-refractivity contribution < 1.29 is 13.6 Å². The van der Waals surface area contributed by atoms with Crippen molar-refractivity contribution in [1.29, 1.82) is 0 Å². The highest BCUT2D eigenvalue weighted by Gasteiger charge is 2.17. The van der Waals surface area contributed by atoms with Gasteiger partial charge < -0.3 is 11.5 Å². The van der Waals surface area contributed by atoms with Crippen LogP contribution in [0.5, 0.6) is 0 Å². The number of nitrogens with two attached hydrogens (primary N) is 2. The lowest BCUT2D eigenvalue weighted by atomic mass is 9.94. The number of benzene rings is 1. The molecule has 3 nitrogen and oxygen atoms in total. The summed E-state index contributed by atoms with van der Waals surface area (Å²) in [6, 6.07) is 2.42. The first kappa shape index (κ1) is 17.4. The van der Waals surface area contributed by atoms with Crippen LogP contribution in [0.2, 0.25) is 0 Å². The van der Waals surface area contributed by atoms with E-state index in [4.69, 9.17) is 23.1 Å². The summed E-state index contributed by atoms with van der Waals surface area (Å²) >= 11 is 5.95. The third-order valence-electron chi connectivity index (χ3n) is 3.56. The van der Waals surface area contributed by atoms with E-state index in [1.165, 1.54) is 12.1 Å². The minimum Gasteiger partial charge on any atom is -0.400 e. The van der Waals surface area contributed by atoms with E-state index in [0.717, 1.165) is 6.07 Å². The van der Waals surface area contributed by atoms with Crippen LogP contribution in [0.1, 0.15) is 12.0 Å². The lowest BCUT2D eigenvalue weighted by Gasteiger charge is -2.17.